The largest absolute Gasteiger partial charge is 0.313 e. The summed E-state index contributed by atoms with van der Waals surface area (Å²) in [7, 11) is 2.05. The Morgan fingerprint density at radius 1 is 1.00 bits per heavy atom. The van der Waals surface area contributed by atoms with Gasteiger partial charge < -0.3 is 5.32 Å². The Morgan fingerprint density at radius 2 is 1.70 bits per heavy atom. The molecule has 1 nitrogen and oxygen atoms in total. The van der Waals surface area contributed by atoms with Gasteiger partial charge >= 0.3 is 0 Å². The van der Waals surface area contributed by atoms with E-state index in [1.54, 1.807) is 0 Å². The van der Waals surface area contributed by atoms with E-state index in [0.717, 1.165) is 0 Å². The van der Waals surface area contributed by atoms with Crippen molar-refractivity contribution in [1.29, 1.82) is 0 Å². The quantitative estimate of drug-likeness (QED) is 0.849. The van der Waals surface area contributed by atoms with Gasteiger partial charge in [0.15, 0.2) is 0 Å². The van der Waals surface area contributed by atoms with E-state index in [9.17, 15) is 0 Å². The second-order valence-corrected chi connectivity index (χ2v) is 6.07. The van der Waals surface area contributed by atoms with Crippen molar-refractivity contribution >= 4 is 0 Å². The van der Waals surface area contributed by atoms with Gasteiger partial charge in [-0.2, -0.15) is 0 Å². The third-order valence-corrected chi connectivity index (χ3v) is 4.48. The van der Waals surface area contributed by atoms with Crippen molar-refractivity contribution in [2.24, 2.45) is 0 Å². The Balaban J connectivity index is 1.92. The lowest BCUT2D eigenvalue weighted by Gasteiger charge is -2.11. The Labute approximate surface area is 122 Å². The van der Waals surface area contributed by atoms with Crippen molar-refractivity contribution in [3.8, 4) is 11.1 Å². The highest BCUT2D eigenvalue weighted by Crippen LogP contribution is 2.34. The van der Waals surface area contributed by atoms with Crippen LogP contribution in [0.4, 0.5) is 0 Å². The first-order valence-electron chi connectivity index (χ1n) is 7.59. The van der Waals surface area contributed by atoms with Crippen LogP contribution in [0.25, 0.3) is 11.1 Å². The minimum Gasteiger partial charge on any atom is -0.313 e. The van der Waals surface area contributed by atoms with Crippen molar-refractivity contribution in [3.05, 3.63) is 59.2 Å². The average Bonchev–Trinajstić information content (AvgIpc) is 2.89. The van der Waals surface area contributed by atoms with E-state index in [0.29, 0.717) is 12.0 Å². The molecule has 0 aliphatic heterocycles. The molecule has 1 unspecified atom stereocenters. The molecule has 0 bridgehead atoms. The summed E-state index contributed by atoms with van der Waals surface area (Å²) in [5.41, 5.74) is 7.07. The predicted molar refractivity (Wildman–Crippen MR) is 86.1 cm³/mol. The van der Waals surface area contributed by atoms with Gasteiger partial charge in [0.1, 0.15) is 0 Å². The van der Waals surface area contributed by atoms with Gasteiger partial charge in [-0.15, -0.1) is 0 Å². The molecular formula is C19H23N. The maximum atomic E-state index is 3.40. The van der Waals surface area contributed by atoms with Gasteiger partial charge in [0.25, 0.3) is 0 Å². The van der Waals surface area contributed by atoms with Crippen LogP contribution in [0.1, 0.15) is 48.9 Å². The molecule has 3 rings (SSSR count). The number of fused-ring (bicyclic) bond motifs is 1. The van der Waals surface area contributed by atoms with Gasteiger partial charge in [-0.05, 0) is 53.6 Å². The molecule has 2 aromatic rings. The molecule has 1 aliphatic carbocycles. The summed E-state index contributed by atoms with van der Waals surface area (Å²) >= 11 is 0. The maximum absolute atomic E-state index is 3.40. The van der Waals surface area contributed by atoms with E-state index in [-0.39, 0.29) is 0 Å². The van der Waals surface area contributed by atoms with E-state index in [4.69, 9.17) is 0 Å². The van der Waals surface area contributed by atoms with Gasteiger partial charge in [-0.1, -0.05) is 56.3 Å². The van der Waals surface area contributed by atoms with Crippen LogP contribution in [0.2, 0.25) is 0 Å². The maximum Gasteiger partial charge on any atom is 0.0323 e. The zero-order valence-electron chi connectivity index (χ0n) is 12.6. The topological polar surface area (TPSA) is 12.0 Å². The lowest BCUT2D eigenvalue weighted by molar-refractivity contribution is 0.590. The minimum atomic E-state index is 0.544. The molecule has 20 heavy (non-hydrogen) atoms. The van der Waals surface area contributed by atoms with Crippen molar-refractivity contribution in [2.45, 2.75) is 38.6 Å². The summed E-state index contributed by atoms with van der Waals surface area (Å²) < 4.78 is 0. The highest BCUT2D eigenvalue weighted by atomic mass is 14.9. The van der Waals surface area contributed by atoms with Gasteiger partial charge in [0.2, 0.25) is 0 Å². The number of nitrogens with one attached hydrogen (secondary N) is 1. The number of rotatable bonds is 3. The first-order valence-corrected chi connectivity index (χ1v) is 7.59. The molecule has 0 saturated heterocycles. The fourth-order valence-electron chi connectivity index (χ4n) is 3.16. The van der Waals surface area contributed by atoms with E-state index in [1.807, 2.05) is 0 Å². The lowest BCUT2D eigenvalue weighted by atomic mass is 9.96. The van der Waals surface area contributed by atoms with Crippen molar-refractivity contribution < 1.29 is 0 Å². The van der Waals surface area contributed by atoms with Crippen molar-refractivity contribution in [1.82, 2.24) is 5.32 Å². The Bertz CT molecular complexity index is 596. The lowest BCUT2D eigenvalue weighted by Crippen LogP contribution is -2.12. The van der Waals surface area contributed by atoms with Crippen LogP contribution in [-0.4, -0.2) is 7.05 Å². The van der Waals surface area contributed by atoms with E-state index >= 15 is 0 Å². The second-order valence-electron chi connectivity index (χ2n) is 6.07. The molecule has 2 aromatic carbocycles. The van der Waals surface area contributed by atoms with Crippen molar-refractivity contribution in [3.63, 3.8) is 0 Å². The fourth-order valence-corrected chi connectivity index (χ4v) is 3.16. The van der Waals surface area contributed by atoms with Crippen LogP contribution in [0, 0.1) is 0 Å². The van der Waals surface area contributed by atoms with Crippen LogP contribution in [0.5, 0.6) is 0 Å². The summed E-state index contributed by atoms with van der Waals surface area (Å²) in [5, 5.41) is 3.40. The van der Waals surface area contributed by atoms with E-state index in [1.165, 1.54) is 40.7 Å². The second kappa shape index (κ2) is 5.41. The summed E-state index contributed by atoms with van der Waals surface area (Å²) in [6.07, 6.45) is 2.42. The summed E-state index contributed by atoms with van der Waals surface area (Å²) in [6.45, 7) is 4.48. The molecular weight excluding hydrogens is 242 g/mol. The molecule has 0 aromatic heterocycles. The first kappa shape index (κ1) is 13.4. The Morgan fingerprint density at radius 3 is 2.35 bits per heavy atom. The Kier molecular flexibility index (Phi) is 3.62. The monoisotopic (exact) mass is 265 g/mol. The highest BCUT2D eigenvalue weighted by molar-refractivity contribution is 5.66. The van der Waals surface area contributed by atoms with Gasteiger partial charge in [0.05, 0.1) is 0 Å². The van der Waals surface area contributed by atoms with Crippen LogP contribution in [0.15, 0.2) is 42.5 Å². The van der Waals surface area contributed by atoms with Crippen LogP contribution in [-0.2, 0) is 6.42 Å². The Hall–Kier alpha value is -1.60. The summed E-state index contributed by atoms with van der Waals surface area (Å²) in [6, 6.07) is 16.5. The molecule has 0 spiro atoms. The standard InChI is InChI=1S/C19H23N/c1-13(2)14-4-6-15(7-5-14)16-8-10-18-17(12-16)9-11-19(18)20-3/h4-8,10,12-13,19-20H,9,11H2,1-3H3. The molecule has 0 saturated carbocycles. The molecule has 1 aliphatic rings. The molecule has 0 fully saturated rings. The van der Waals surface area contributed by atoms with Crippen LogP contribution < -0.4 is 5.32 Å². The van der Waals surface area contributed by atoms with Crippen LogP contribution >= 0.6 is 0 Å². The molecule has 0 heterocycles. The van der Waals surface area contributed by atoms with E-state index in [2.05, 4.69) is 68.7 Å². The summed E-state index contributed by atoms with van der Waals surface area (Å²) in [4.78, 5) is 0. The zero-order chi connectivity index (χ0) is 14.1. The fraction of sp³-hybridized carbons (Fsp3) is 0.368. The number of aryl methyl sites for hydroxylation is 1. The molecule has 1 heteroatoms. The number of hydrogen-bond donors (Lipinski definition) is 1. The molecule has 0 amide bonds. The average molecular weight is 265 g/mol. The van der Waals surface area contributed by atoms with E-state index < -0.39 is 0 Å². The van der Waals surface area contributed by atoms with Gasteiger partial charge in [0, 0.05) is 6.04 Å². The SMILES string of the molecule is CNC1CCc2cc(-c3ccc(C(C)C)cc3)ccc21. The predicted octanol–water partition coefficient (Wildman–Crippen LogP) is 4.68. The highest BCUT2D eigenvalue weighted by Gasteiger charge is 2.20. The summed E-state index contributed by atoms with van der Waals surface area (Å²) in [5.74, 6) is 0.598. The minimum absolute atomic E-state index is 0.544. The smallest absolute Gasteiger partial charge is 0.0323 e. The number of hydrogen-bond acceptors (Lipinski definition) is 1. The number of benzene rings is 2. The molecule has 0 radical (unpaired) electrons. The normalized spacial score (nSPS) is 17.5. The van der Waals surface area contributed by atoms with Crippen LogP contribution in [0.3, 0.4) is 0 Å². The third kappa shape index (κ3) is 2.38. The van der Waals surface area contributed by atoms with Gasteiger partial charge in [-0.3, -0.25) is 0 Å². The zero-order valence-corrected chi connectivity index (χ0v) is 12.6. The first-order chi connectivity index (χ1) is 9.69. The van der Waals surface area contributed by atoms with Gasteiger partial charge in [-0.25, -0.2) is 0 Å². The third-order valence-electron chi connectivity index (χ3n) is 4.48. The molecule has 104 valence electrons. The molecule has 1 N–H and O–H groups in total. The molecule has 1 atom stereocenters. The van der Waals surface area contributed by atoms with Crippen molar-refractivity contribution in [2.75, 3.05) is 7.05 Å².